The van der Waals surface area contributed by atoms with E-state index in [4.69, 9.17) is 4.74 Å². The first-order valence-electron chi connectivity index (χ1n) is 6.19. The molecule has 0 bridgehead atoms. The Morgan fingerprint density at radius 1 is 1.35 bits per heavy atom. The summed E-state index contributed by atoms with van der Waals surface area (Å²) in [6.45, 7) is 17.8. The summed E-state index contributed by atoms with van der Waals surface area (Å²) < 4.78 is 5.56. The van der Waals surface area contributed by atoms with Gasteiger partial charge in [-0.1, -0.05) is 38.2 Å². The third-order valence-electron chi connectivity index (χ3n) is 4.12. The van der Waals surface area contributed by atoms with Gasteiger partial charge in [0.25, 0.3) is 0 Å². The molecule has 0 N–H and O–H groups in total. The van der Waals surface area contributed by atoms with Gasteiger partial charge in [0.05, 0.1) is 5.92 Å². The lowest BCUT2D eigenvalue weighted by atomic mass is 9.58. The smallest absolute Gasteiger partial charge is 0.313 e. The molecule has 0 aromatic carbocycles. The maximum Gasteiger partial charge on any atom is 0.313 e. The molecule has 3 unspecified atom stereocenters. The minimum atomic E-state index is -0.213. The second kappa shape index (κ2) is 4.67. The number of carbonyl (C=O) groups is 1. The van der Waals surface area contributed by atoms with Crippen molar-refractivity contribution in [2.45, 2.75) is 47.1 Å². The van der Waals surface area contributed by atoms with Crippen molar-refractivity contribution in [3.05, 3.63) is 24.3 Å². The number of ether oxygens (including phenoxy) is 1. The fourth-order valence-corrected chi connectivity index (χ4v) is 2.37. The topological polar surface area (TPSA) is 26.3 Å². The van der Waals surface area contributed by atoms with E-state index in [-0.39, 0.29) is 23.4 Å². The first-order valence-corrected chi connectivity index (χ1v) is 6.19. The molecule has 0 saturated heterocycles. The standard InChI is InChI=1S/C15H24O2/c1-9(2)11(5)14(16)17-13-8-12(10(3)4)15(13,6)7/h11-13H,1,3,8H2,2,4-7H3. The number of allylic oxidation sites excluding steroid dienone is 1. The Balaban J connectivity index is 2.59. The maximum atomic E-state index is 11.8. The molecule has 17 heavy (non-hydrogen) atoms. The average Bonchev–Trinajstić information content (AvgIpc) is 2.21. The Morgan fingerprint density at radius 3 is 2.24 bits per heavy atom. The molecule has 1 aliphatic rings. The Morgan fingerprint density at radius 2 is 1.88 bits per heavy atom. The molecule has 1 fully saturated rings. The van der Waals surface area contributed by atoms with Crippen LogP contribution in [0.5, 0.6) is 0 Å². The van der Waals surface area contributed by atoms with E-state index in [9.17, 15) is 4.79 Å². The highest BCUT2D eigenvalue weighted by Crippen LogP contribution is 2.51. The minimum Gasteiger partial charge on any atom is -0.461 e. The van der Waals surface area contributed by atoms with E-state index in [1.165, 1.54) is 5.57 Å². The van der Waals surface area contributed by atoms with Gasteiger partial charge in [0.15, 0.2) is 0 Å². The highest BCUT2D eigenvalue weighted by Gasteiger charge is 2.50. The monoisotopic (exact) mass is 236 g/mol. The third-order valence-corrected chi connectivity index (χ3v) is 4.12. The molecular weight excluding hydrogens is 212 g/mol. The van der Waals surface area contributed by atoms with Crippen molar-refractivity contribution in [3.63, 3.8) is 0 Å². The molecule has 2 nitrogen and oxygen atoms in total. The number of hydrogen-bond acceptors (Lipinski definition) is 2. The highest BCUT2D eigenvalue weighted by molar-refractivity contribution is 5.75. The molecule has 0 amide bonds. The molecule has 3 atom stereocenters. The van der Waals surface area contributed by atoms with Crippen molar-refractivity contribution >= 4 is 5.97 Å². The molecule has 0 radical (unpaired) electrons. The van der Waals surface area contributed by atoms with E-state index >= 15 is 0 Å². The lowest BCUT2D eigenvalue weighted by Crippen LogP contribution is -2.52. The first kappa shape index (κ1) is 14.0. The van der Waals surface area contributed by atoms with Crippen LogP contribution in [-0.4, -0.2) is 12.1 Å². The van der Waals surface area contributed by atoms with E-state index in [1.54, 1.807) is 0 Å². The molecule has 2 heteroatoms. The Hall–Kier alpha value is -1.05. The van der Waals surface area contributed by atoms with Gasteiger partial charge in [-0.25, -0.2) is 0 Å². The van der Waals surface area contributed by atoms with Crippen LogP contribution in [0.4, 0.5) is 0 Å². The fourth-order valence-electron chi connectivity index (χ4n) is 2.37. The van der Waals surface area contributed by atoms with E-state index < -0.39 is 0 Å². The largest absolute Gasteiger partial charge is 0.461 e. The predicted octanol–water partition coefficient (Wildman–Crippen LogP) is 3.73. The number of hydrogen-bond donors (Lipinski definition) is 0. The summed E-state index contributed by atoms with van der Waals surface area (Å²) in [5.41, 5.74) is 2.04. The number of carbonyl (C=O) groups excluding carboxylic acids is 1. The molecule has 1 saturated carbocycles. The maximum absolute atomic E-state index is 11.8. The van der Waals surface area contributed by atoms with Crippen molar-refractivity contribution in [1.82, 2.24) is 0 Å². The molecular formula is C15H24O2. The summed E-state index contributed by atoms with van der Waals surface area (Å²) >= 11 is 0. The van der Waals surface area contributed by atoms with Crippen LogP contribution in [0.1, 0.15) is 41.0 Å². The average molecular weight is 236 g/mol. The molecule has 0 aromatic rings. The Bertz CT molecular complexity index is 352. The normalized spacial score (nSPS) is 27.8. The molecule has 0 aromatic heterocycles. The molecule has 0 aliphatic heterocycles. The fraction of sp³-hybridized carbons (Fsp3) is 0.667. The van der Waals surface area contributed by atoms with Crippen LogP contribution in [0.25, 0.3) is 0 Å². The SMILES string of the molecule is C=C(C)C(C)C(=O)OC1CC(C(=C)C)C1(C)C. The number of rotatable bonds is 4. The predicted molar refractivity (Wildman–Crippen MR) is 70.6 cm³/mol. The van der Waals surface area contributed by atoms with Gasteiger partial charge in [-0.05, 0) is 33.1 Å². The zero-order valence-electron chi connectivity index (χ0n) is 11.7. The third kappa shape index (κ3) is 2.62. The van der Waals surface area contributed by atoms with Crippen molar-refractivity contribution in [3.8, 4) is 0 Å². The molecule has 96 valence electrons. The summed E-state index contributed by atoms with van der Waals surface area (Å²) in [5, 5.41) is 0. The Labute approximate surface area is 105 Å². The van der Waals surface area contributed by atoms with Gasteiger partial charge >= 0.3 is 5.97 Å². The lowest BCUT2D eigenvalue weighted by Gasteiger charge is -2.51. The summed E-state index contributed by atoms with van der Waals surface area (Å²) in [5.74, 6) is 0.0888. The number of esters is 1. The highest BCUT2D eigenvalue weighted by atomic mass is 16.5. The second-order valence-electron chi connectivity index (χ2n) is 5.95. The van der Waals surface area contributed by atoms with Crippen LogP contribution in [0.3, 0.4) is 0 Å². The van der Waals surface area contributed by atoms with E-state index in [2.05, 4.69) is 27.0 Å². The van der Waals surface area contributed by atoms with Gasteiger partial charge < -0.3 is 4.74 Å². The van der Waals surface area contributed by atoms with Gasteiger partial charge in [-0.15, -0.1) is 0 Å². The quantitative estimate of drug-likeness (QED) is 0.549. The van der Waals surface area contributed by atoms with Crippen LogP contribution in [0, 0.1) is 17.3 Å². The van der Waals surface area contributed by atoms with Crippen molar-refractivity contribution < 1.29 is 9.53 Å². The summed E-state index contributed by atoms with van der Waals surface area (Å²) in [6.07, 6.45) is 0.912. The van der Waals surface area contributed by atoms with E-state index in [0.29, 0.717) is 5.92 Å². The van der Waals surface area contributed by atoms with Crippen LogP contribution in [0.15, 0.2) is 24.3 Å². The minimum absolute atomic E-state index is 0.0102. The molecule has 1 aliphatic carbocycles. The molecule has 0 heterocycles. The van der Waals surface area contributed by atoms with Gasteiger partial charge in [0.2, 0.25) is 0 Å². The van der Waals surface area contributed by atoms with Crippen molar-refractivity contribution in [2.75, 3.05) is 0 Å². The van der Waals surface area contributed by atoms with Crippen molar-refractivity contribution in [1.29, 1.82) is 0 Å². The lowest BCUT2D eigenvalue weighted by molar-refractivity contribution is -0.176. The molecule has 0 spiro atoms. The van der Waals surface area contributed by atoms with Gasteiger partial charge in [0.1, 0.15) is 6.10 Å². The van der Waals surface area contributed by atoms with E-state index in [1.807, 2.05) is 20.8 Å². The van der Waals surface area contributed by atoms with Crippen molar-refractivity contribution in [2.24, 2.45) is 17.3 Å². The summed E-state index contributed by atoms with van der Waals surface area (Å²) in [6, 6.07) is 0. The molecule has 1 rings (SSSR count). The van der Waals surface area contributed by atoms with Crippen LogP contribution in [0.2, 0.25) is 0 Å². The van der Waals surface area contributed by atoms with Crippen LogP contribution in [-0.2, 0) is 9.53 Å². The van der Waals surface area contributed by atoms with Crippen LogP contribution < -0.4 is 0 Å². The zero-order valence-corrected chi connectivity index (χ0v) is 11.7. The van der Waals surface area contributed by atoms with Crippen LogP contribution >= 0.6 is 0 Å². The van der Waals surface area contributed by atoms with E-state index in [0.717, 1.165) is 12.0 Å². The van der Waals surface area contributed by atoms with Gasteiger partial charge in [-0.3, -0.25) is 4.79 Å². The zero-order chi connectivity index (χ0) is 13.4. The summed E-state index contributed by atoms with van der Waals surface area (Å²) in [4.78, 5) is 11.8. The second-order valence-corrected chi connectivity index (χ2v) is 5.95. The van der Waals surface area contributed by atoms with Gasteiger partial charge in [-0.2, -0.15) is 0 Å². The van der Waals surface area contributed by atoms with Gasteiger partial charge in [0, 0.05) is 5.41 Å². The summed E-state index contributed by atoms with van der Waals surface area (Å²) in [7, 11) is 0. The first-order chi connectivity index (χ1) is 7.67. The Kier molecular flexibility index (Phi) is 3.85.